The van der Waals surface area contributed by atoms with Gasteiger partial charge in [0.2, 0.25) is 0 Å². The van der Waals surface area contributed by atoms with E-state index in [4.69, 9.17) is 5.11 Å². The number of carboxylic acid groups (broad SMARTS) is 1. The summed E-state index contributed by atoms with van der Waals surface area (Å²) >= 11 is 0. The standard InChI is InChI=1S/C11H15N3O3/c1-3-4-14(6-10(15)16)11(17)9-5-12-7-13-8(9)2/h5,7H,3-4,6H2,1-2H3,(H,15,16). The molecule has 0 radical (unpaired) electrons. The summed E-state index contributed by atoms with van der Waals surface area (Å²) in [5.74, 6) is -1.37. The third-order valence-electron chi connectivity index (χ3n) is 2.25. The summed E-state index contributed by atoms with van der Waals surface area (Å²) in [6.07, 6.45) is 3.47. The van der Waals surface area contributed by atoms with Crippen LogP contribution in [0.1, 0.15) is 29.4 Å². The van der Waals surface area contributed by atoms with Crippen LogP contribution >= 0.6 is 0 Å². The van der Waals surface area contributed by atoms with Crippen molar-refractivity contribution in [2.45, 2.75) is 20.3 Å². The predicted octanol–water partition coefficient (Wildman–Crippen LogP) is 0.722. The second-order valence-corrected chi connectivity index (χ2v) is 3.64. The van der Waals surface area contributed by atoms with Gasteiger partial charge in [0.15, 0.2) is 0 Å². The Morgan fingerprint density at radius 1 is 1.47 bits per heavy atom. The largest absolute Gasteiger partial charge is 0.480 e. The van der Waals surface area contributed by atoms with Crippen molar-refractivity contribution >= 4 is 11.9 Å². The molecule has 1 aromatic rings. The fourth-order valence-electron chi connectivity index (χ4n) is 1.46. The zero-order chi connectivity index (χ0) is 12.8. The van der Waals surface area contributed by atoms with Crippen LogP contribution in [-0.2, 0) is 4.79 Å². The number of amides is 1. The highest BCUT2D eigenvalue weighted by Gasteiger charge is 2.19. The first kappa shape index (κ1) is 13.1. The molecule has 0 spiro atoms. The summed E-state index contributed by atoms with van der Waals surface area (Å²) in [6.45, 7) is 3.68. The maximum atomic E-state index is 12.1. The minimum atomic E-state index is -1.03. The Morgan fingerprint density at radius 3 is 2.71 bits per heavy atom. The third kappa shape index (κ3) is 3.51. The Morgan fingerprint density at radius 2 is 2.18 bits per heavy atom. The maximum absolute atomic E-state index is 12.1. The van der Waals surface area contributed by atoms with Crippen molar-refractivity contribution in [3.05, 3.63) is 23.8 Å². The van der Waals surface area contributed by atoms with Crippen molar-refractivity contribution in [3.8, 4) is 0 Å². The molecule has 0 aliphatic heterocycles. The van der Waals surface area contributed by atoms with Crippen LogP contribution in [0, 0.1) is 6.92 Å². The molecule has 0 saturated carbocycles. The molecule has 0 fully saturated rings. The van der Waals surface area contributed by atoms with Gasteiger partial charge in [-0.15, -0.1) is 0 Å². The predicted molar refractivity (Wildman–Crippen MR) is 60.6 cm³/mol. The maximum Gasteiger partial charge on any atom is 0.323 e. The average Bonchev–Trinajstić information content (AvgIpc) is 2.28. The molecule has 1 N–H and O–H groups in total. The van der Waals surface area contributed by atoms with E-state index in [0.717, 1.165) is 0 Å². The lowest BCUT2D eigenvalue weighted by molar-refractivity contribution is -0.137. The molecule has 0 aliphatic rings. The van der Waals surface area contributed by atoms with Crippen molar-refractivity contribution < 1.29 is 14.7 Å². The van der Waals surface area contributed by atoms with Gasteiger partial charge in [0.05, 0.1) is 11.3 Å². The molecule has 0 aromatic carbocycles. The van der Waals surface area contributed by atoms with Crippen molar-refractivity contribution in [3.63, 3.8) is 0 Å². The van der Waals surface area contributed by atoms with Gasteiger partial charge in [0.25, 0.3) is 5.91 Å². The Labute approximate surface area is 99.3 Å². The van der Waals surface area contributed by atoms with Gasteiger partial charge in [-0.2, -0.15) is 0 Å². The smallest absolute Gasteiger partial charge is 0.323 e. The normalized spacial score (nSPS) is 10.0. The number of aromatic nitrogens is 2. The van der Waals surface area contributed by atoms with E-state index in [1.165, 1.54) is 17.4 Å². The first-order valence-corrected chi connectivity index (χ1v) is 5.34. The molecule has 0 aliphatic carbocycles. The van der Waals surface area contributed by atoms with E-state index >= 15 is 0 Å². The number of aryl methyl sites for hydroxylation is 1. The molecule has 1 amide bonds. The number of hydrogen-bond acceptors (Lipinski definition) is 4. The van der Waals surface area contributed by atoms with E-state index in [-0.39, 0.29) is 12.5 Å². The monoisotopic (exact) mass is 237 g/mol. The SMILES string of the molecule is CCCN(CC(=O)O)C(=O)c1cncnc1C. The highest BCUT2D eigenvalue weighted by atomic mass is 16.4. The van der Waals surface area contributed by atoms with E-state index in [1.54, 1.807) is 6.92 Å². The van der Waals surface area contributed by atoms with Gasteiger partial charge in [-0.25, -0.2) is 9.97 Å². The highest BCUT2D eigenvalue weighted by molar-refractivity contribution is 5.96. The molecule has 1 aromatic heterocycles. The van der Waals surface area contributed by atoms with Crippen molar-refractivity contribution in [2.75, 3.05) is 13.1 Å². The van der Waals surface area contributed by atoms with Crippen LogP contribution in [0.4, 0.5) is 0 Å². The fraction of sp³-hybridized carbons (Fsp3) is 0.455. The van der Waals surface area contributed by atoms with Crippen LogP contribution in [0.3, 0.4) is 0 Å². The first-order chi connectivity index (χ1) is 8.06. The van der Waals surface area contributed by atoms with Crippen LogP contribution in [0.15, 0.2) is 12.5 Å². The van der Waals surface area contributed by atoms with E-state index < -0.39 is 5.97 Å². The third-order valence-corrected chi connectivity index (χ3v) is 2.25. The first-order valence-electron chi connectivity index (χ1n) is 5.34. The van der Waals surface area contributed by atoms with Crippen LogP contribution in [0.25, 0.3) is 0 Å². The number of aliphatic carboxylic acids is 1. The minimum absolute atomic E-state index is 0.305. The number of carbonyl (C=O) groups excluding carboxylic acids is 1. The van der Waals surface area contributed by atoms with Crippen molar-refractivity contribution in [2.24, 2.45) is 0 Å². The zero-order valence-electron chi connectivity index (χ0n) is 9.88. The van der Waals surface area contributed by atoms with Crippen LogP contribution in [-0.4, -0.2) is 44.9 Å². The van der Waals surface area contributed by atoms with Crippen LogP contribution in [0.5, 0.6) is 0 Å². The second kappa shape index (κ2) is 5.93. The molecule has 0 atom stereocenters. The molecule has 0 saturated heterocycles. The fourth-order valence-corrected chi connectivity index (χ4v) is 1.46. The van der Waals surface area contributed by atoms with Gasteiger partial charge in [0, 0.05) is 12.7 Å². The Balaban J connectivity index is 2.91. The Hall–Kier alpha value is -1.98. The van der Waals surface area contributed by atoms with Gasteiger partial charge >= 0.3 is 5.97 Å². The van der Waals surface area contributed by atoms with Gasteiger partial charge in [-0.3, -0.25) is 9.59 Å². The summed E-state index contributed by atoms with van der Waals surface area (Å²) in [7, 11) is 0. The molecular formula is C11H15N3O3. The summed E-state index contributed by atoms with van der Waals surface area (Å²) < 4.78 is 0. The number of nitrogens with zero attached hydrogens (tertiary/aromatic N) is 3. The molecule has 92 valence electrons. The zero-order valence-corrected chi connectivity index (χ0v) is 9.88. The highest BCUT2D eigenvalue weighted by Crippen LogP contribution is 2.07. The lowest BCUT2D eigenvalue weighted by atomic mass is 10.2. The lowest BCUT2D eigenvalue weighted by Crippen LogP contribution is -2.36. The molecule has 1 heterocycles. The number of rotatable bonds is 5. The van der Waals surface area contributed by atoms with Crippen LogP contribution < -0.4 is 0 Å². The van der Waals surface area contributed by atoms with Crippen molar-refractivity contribution in [1.82, 2.24) is 14.9 Å². The topological polar surface area (TPSA) is 83.4 Å². The molecule has 6 nitrogen and oxygen atoms in total. The van der Waals surface area contributed by atoms with Gasteiger partial charge in [-0.1, -0.05) is 6.92 Å². The van der Waals surface area contributed by atoms with E-state index in [0.29, 0.717) is 24.2 Å². The van der Waals surface area contributed by atoms with Crippen molar-refractivity contribution in [1.29, 1.82) is 0 Å². The Kier molecular flexibility index (Phi) is 4.56. The van der Waals surface area contributed by atoms with Gasteiger partial charge < -0.3 is 10.0 Å². The van der Waals surface area contributed by atoms with E-state index in [1.807, 2.05) is 6.92 Å². The van der Waals surface area contributed by atoms with E-state index in [9.17, 15) is 9.59 Å². The second-order valence-electron chi connectivity index (χ2n) is 3.64. The van der Waals surface area contributed by atoms with E-state index in [2.05, 4.69) is 9.97 Å². The summed E-state index contributed by atoms with van der Waals surface area (Å²) in [4.78, 5) is 31.7. The average molecular weight is 237 g/mol. The Bertz CT molecular complexity index is 420. The number of carbonyl (C=O) groups is 2. The molecule has 0 bridgehead atoms. The molecule has 0 unspecified atom stereocenters. The molecular weight excluding hydrogens is 222 g/mol. The van der Waals surface area contributed by atoms with Gasteiger partial charge in [0.1, 0.15) is 12.9 Å². The number of carboxylic acids is 1. The quantitative estimate of drug-likeness (QED) is 0.815. The van der Waals surface area contributed by atoms with Crippen LogP contribution in [0.2, 0.25) is 0 Å². The molecule has 17 heavy (non-hydrogen) atoms. The molecule has 6 heteroatoms. The number of hydrogen-bond donors (Lipinski definition) is 1. The summed E-state index contributed by atoms with van der Waals surface area (Å²) in [5.41, 5.74) is 0.902. The van der Waals surface area contributed by atoms with Gasteiger partial charge in [-0.05, 0) is 13.3 Å². The summed E-state index contributed by atoms with van der Waals surface area (Å²) in [5, 5.41) is 8.75. The minimum Gasteiger partial charge on any atom is -0.480 e. The summed E-state index contributed by atoms with van der Waals surface area (Å²) in [6, 6.07) is 0. The molecule has 1 rings (SSSR count). The lowest BCUT2D eigenvalue weighted by Gasteiger charge is -2.20.